The molecule has 0 saturated carbocycles. The van der Waals surface area contributed by atoms with Gasteiger partial charge in [-0.3, -0.25) is 4.79 Å². The number of hydrogen-bond donors (Lipinski definition) is 1. The number of hydrogen-bond acceptors (Lipinski definition) is 2. The Hall–Kier alpha value is -0.870. The molecular weight excluding hydrogens is 256 g/mol. The first-order valence-electron chi connectivity index (χ1n) is 4.93. The Kier molecular flexibility index (Phi) is 2.80. The highest BCUT2D eigenvalue weighted by Gasteiger charge is 2.35. The van der Waals surface area contributed by atoms with E-state index >= 15 is 0 Å². The fourth-order valence-electron chi connectivity index (χ4n) is 1.89. The van der Waals surface area contributed by atoms with Crippen molar-refractivity contribution in [3.8, 4) is 0 Å². The number of nitrogens with zero attached hydrogens (tertiary/aromatic N) is 1. The van der Waals surface area contributed by atoms with Crippen molar-refractivity contribution in [2.75, 3.05) is 4.90 Å². The Balaban J connectivity index is 2.39. The molecule has 1 saturated heterocycles. The van der Waals surface area contributed by atoms with Gasteiger partial charge in [0.1, 0.15) is 0 Å². The molecule has 0 bridgehead atoms. The van der Waals surface area contributed by atoms with Gasteiger partial charge in [-0.15, -0.1) is 0 Å². The van der Waals surface area contributed by atoms with Crippen LogP contribution in [-0.2, 0) is 4.79 Å². The Morgan fingerprint density at radius 1 is 1.47 bits per heavy atom. The third kappa shape index (κ3) is 1.79. The zero-order valence-corrected chi connectivity index (χ0v) is 10.1. The van der Waals surface area contributed by atoms with E-state index in [4.69, 9.17) is 5.73 Å². The highest BCUT2D eigenvalue weighted by Crippen LogP contribution is 2.31. The molecule has 4 heteroatoms. The summed E-state index contributed by atoms with van der Waals surface area (Å²) in [6.45, 7) is 1.98. The van der Waals surface area contributed by atoms with Crippen molar-refractivity contribution in [2.24, 2.45) is 5.73 Å². The summed E-state index contributed by atoms with van der Waals surface area (Å²) in [6.07, 6.45) is 0.433. The third-order valence-corrected chi connectivity index (χ3v) is 3.49. The second-order valence-corrected chi connectivity index (χ2v) is 4.68. The minimum absolute atomic E-state index is 0.0652. The molecular formula is C11H13BrN2O. The number of anilines is 1. The van der Waals surface area contributed by atoms with Crippen molar-refractivity contribution in [1.29, 1.82) is 0 Å². The number of para-hydroxylation sites is 1. The molecule has 0 aliphatic carbocycles. The topological polar surface area (TPSA) is 46.3 Å². The van der Waals surface area contributed by atoms with Crippen molar-refractivity contribution < 1.29 is 4.79 Å². The van der Waals surface area contributed by atoms with Gasteiger partial charge < -0.3 is 10.6 Å². The zero-order chi connectivity index (χ0) is 11.0. The Morgan fingerprint density at radius 2 is 2.13 bits per heavy atom. The van der Waals surface area contributed by atoms with Crippen LogP contribution in [0.5, 0.6) is 0 Å². The molecule has 1 aromatic carbocycles. The molecule has 0 radical (unpaired) electrons. The van der Waals surface area contributed by atoms with E-state index in [1.54, 1.807) is 4.90 Å². The molecule has 1 aliphatic heterocycles. The Morgan fingerprint density at radius 3 is 2.67 bits per heavy atom. The van der Waals surface area contributed by atoms with E-state index in [9.17, 15) is 4.79 Å². The van der Waals surface area contributed by atoms with Gasteiger partial charge in [0.15, 0.2) is 0 Å². The minimum Gasteiger partial charge on any atom is -0.325 e. The SMILES string of the molecule is CC1C(N)CC(=O)N1c1ccccc1Br. The summed E-state index contributed by atoms with van der Waals surface area (Å²) in [5.41, 5.74) is 6.77. The lowest BCUT2D eigenvalue weighted by molar-refractivity contribution is -0.117. The van der Waals surface area contributed by atoms with Gasteiger partial charge in [0.25, 0.3) is 0 Å². The van der Waals surface area contributed by atoms with Crippen molar-refractivity contribution in [2.45, 2.75) is 25.4 Å². The number of amides is 1. The van der Waals surface area contributed by atoms with E-state index in [0.717, 1.165) is 10.2 Å². The number of carbonyl (C=O) groups excluding carboxylic acids is 1. The van der Waals surface area contributed by atoms with Gasteiger partial charge in [-0.25, -0.2) is 0 Å². The van der Waals surface area contributed by atoms with Crippen LogP contribution in [0.15, 0.2) is 28.7 Å². The lowest BCUT2D eigenvalue weighted by Crippen LogP contribution is -2.38. The van der Waals surface area contributed by atoms with Gasteiger partial charge in [-0.2, -0.15) is 0 Å². The van der Waals surface area contributed by atoms with Crippen LogP contribution >= 0.6 is 15.9 Å². The average molecular weight is 269 g/mol. The van der Waals surface area contributed by atoms with Crippen molar-refractivity contribution in [3.63, 3.8) is 0 Å². The summed E-state index contributed by atoms with van der Waals surface area (Å²) < 4.78 is 0.930. The number of rotatable bonds is 1. The Bertz CT molecular complexity index is 394. The van der Waals surface area contributed by atoms with Crippen LogP contribution in [0, 0.1) is 0 Å². The number of halogens is 1. The maximum atomic E-state index is 11.8. The number of carbonyl (C=O) groups is 1. The lowest BCUT2D eigenvalue weighted by Gasteiger charge is -2.24. The van der Waals surface area contributed by atoms with E-state index in [1.807, 2.05) is 31.2 Å². The monoisotopic (exact) mass is 268 g/mol. The van der Waals surface area contributed by atoms with Crippen LogP contribution < -0.4 is 10.6 Å². The summed E-state index contributed by atoms with van der Waals surface area (Å²) in [7, 11) is 0. The molecule has 80 valence electrons. The van der Waals surface area contributed by atoms with Gasteiger partial charge in [-0.1, -0.05) is 12.1 Å². The summed E-state index contributed by atoms with van der Waals surface area (Å²) >= 11 is 3.45. The van der Waals surface area contributed by atoms with Crippen LogP contribution in [-0.4, -0.2) is 18.0 Å². The minimum atomic E-state index is -0.0652. The van der Waals surface area contributed by atoms with E-state index in [1.165, 1.54) is 0 Å². The molecule has 0 aromatic heterocycles. The average Bonchev–Trinajstić information content (AvgIpc) is 2.43. The van der Waals surface area contributed by atoms with Gasteiger partial charge in [0.05, 0.1) is 5.69 Å². The smallest absolute Gasteiger partial charge is 0.228 e. The van der Waals surface area contributed by atoms with Crippen molar-refractivity contribution in [3.05, 3.63) is 28.7 Å². The summed E-state index contributed by atoms with van der Waals surface area (Å²) in [6, 6.07) is 7.71. The first-order valence-corrected chi connectivity index (χ1v) is 5.72. The quantitative estimate of drug-likeness (QED) is 0.846. The predicted molar refractivity (Wildman–Crippen MR) is 63.7 cm³/mol. The van der Waals surface area contributed by atoms with Crippen molar-refractivity contribution >= 4 is 27.5 Å². The molecule has 2 unspecified atom stereocenters. The first-order chi connectivity index (χ1) is 7.11. The fourth-order valence-corrected chi connectivity index (χ4v) is 2.37. The third-order valence-electron chi connectivity index (χ3n) is 2.82. The molecule has 15 heavy (non-hydrogen) atoms. The van der Waals surface area contributed by atoms with E-state index in [2.05, 4.69) is 15.9 Å². The maximum Gasteiger partial charge on any atom is 0.228 e. The van der Waals surface area contributed by atoms with E-state index in [-0.39, 0.29) is 18.0 Å². The van der Waals surface area contributed by atoms with Gasteiger partial charge in [0.2, 0.25) is 5.91 Å². The second kappa shape index (κ2) is 3.94. The molecule has 1 fully saturated rings. The highest BCUT2D eigenvalue weighted by molar-refractivity contribution is 9.10. The zero-order valence-electron chi connectivity index (χ0n) is 8.48. The van der Waals surface area contributed by atoms with Crippen LogP contribution in [0.4, 0.5) is 5.69 Å². The van der Waals surface area contributed by atoms with Crippen LogP contribution in [0.1, 0.15) is 13.3 Å². The molecule has 2 atom stereocenters. The van der Waals surface area contributed by atoms with Crippen LogP contribution in [0.25, 0.3) is 0 Å². The summed E-state index contributed by atoms with van der Waals surface area (Å²) in [4.78, 5) is 13.5. The van der Waals surface area contributed by atoms with Crippen LogP contribution in [0.3, 0.4) is 0 Å². The molecule has 0 spiro atoms. The molecule has 2 rings (SSSR count). The molecule has 1 amide bonds. The number of benzene rings is 1. The van der Waals surface area contributed by atoms with Gasteiger partial charge in [-0.05, 0) is 35.0 Å². The normalized spacial score (nSPS) is 26.1. The van der Waals surface area contributed by atoms with Crippen LogP contribution in [0.2, 0.25) is 0 Å². The molecule has 1 aromatic rings. The maximum absolute atomic E-state index is 11.8. The highest BCUT2D eigenvalue weighted by atomic mass is 79.9. The molecule has 3 nitrogen and oxygen atoms in total. The van der Waals surface area contributed by atoms with E-state index in [0.29, 0.717) is 6.42 Å². The molecule has 1 heterocycles. The van der Waals surface area contributed by atoms with Gasteiger partial charge >= 0.3 is 0 Å². The standard InChI is InChI=1S/C11H13BrN2O/c1-7-9(13)6-11(15)14(7)10-5-3-2-4-8(10)12/h2-5,7,9H,6,13H2,1H3. The molecule has 2 N–H and O–H groups in total. The fraction of sp³-hybridized carbons (Fsp3) is 0.364. The summed E-state index contributed by atoms with van der Waals surface area (Å²) in [5, 5.41) is 0. The largest absolute Gasteiger partial charge is 0.325 e. The Labute approximate surface area is 97.4 Å². The number of nitrogens with two attached hydrogens (primary N) is 1. The first kappa shape index (κ1) is 10.6. The summed E-state index contributed by atoms with van der Waals surface area (Å²) in [5.74, 6) is 0.0990. The van der Waals surface area contributed by atoms with E-state index < -0.39 is 0 Å². The second-order valence-electron chi connectivity index (χ2n) is 3.82. The predicted octanol–water partition coefficient (Wildman–Crippen LogP) is 1.90. The van der Waals surface area contributed by atoms with Crippen molar-refractivity contribution in [1.82, 2.24) is 0 Å². The van der Waals surface area contributed by atoms with Gasteiger partial charge in [0, 0.05) is 23.0 Å². The lowest BCUT2D eigenvalue weighted by atomic mass is 10.1. The molecule has 1 aliphatic rings.